The minimum Gasteiger partial charge on any atom is -0.508 e. The Balaban J connectivity index is 2.02. The Bertz CT molecular complexity index is 1700. The second-order valence-electron chi connectivity index (χ2n) is 16.0. The molecule has 7 unspecified atom stereocenters. The van der Waals surface area contributed by atoms with Crippen molar-refractivity contribution in [1.29, 1.82) is 0 Å². The van der Waals surface area contributed by atoms with Crippen molar-refractivity contribution in [3.05, 3.63) is 29.8 Å². The number of benzene rings is 1. The first-order valence-electron chi connectivity index (χ1n) is 20.2. The van der Waals surface area contributed by atoms with Gasteiger partial charge in [0, 0.05) is 19.4 Å². The van der Waals surface area contributed by atoms with Gasteiger partial charge in [-0.2, -0.15) is 0 Å². The second kappa shape index (κ2) is 22.4. The molecule has 3 rings (SSSR count). The van der Waals surface area contributed by atoms with E-state index in [1.165, 1.54) is 17.0 Å². The number of aromatic hydroxyl groups is 1. The highest BCUT2D eigenvalue weighted by molar-refractivity contribution is 5.98. The maximum Gasteiger partial charge on any atom is 0.303 e. The standard InChI is InChI=1S/C40H60N8O11/c1-7-23(6)34-38(57)42-20-31(51)46-33(22(4)5)39(58)45-27(18-24-10-12-25(49)13-11-24)35(54)41-19-30(50)43-28(17-21(2)3)40(59)48-16-8-9-29(48)37(56)44-26(36(55)47-34)14-15-32(52)53/h10-13,21-23,26-29,33-34,49H,7-9,14-20H2,1-6H3,(H,41,54)(H,42,57)(H,43,50)(H,44,56)(H,45,58)(H,46,51)(H,47,55)(H,52,53). The van der Waals surface area contributed by atoms with E-state index in [0.29, 0.717) is 18.4 Å². The van der Waals surface area contributed by atoms with Crippen LogP contribution in [0.3, 0.4) is 0 Å². The van der Waals surface area contributed by atoms with Crippen molar-refractivity contribution in [3.8, 4) is 5.75 Å². The van der Waals surface area contributed by atoms with E-state index in [1.807, 2.05) is 13.8 Å². The van der Waals surface area contributed by atoms with E-state index in [4.69, 9.17) is 0 Å². The van der Waals surface area contributed by atoms with Gasteiger partial charge in [-0.3, -0.25) is 43.2 Å². The zero-order chi connectivity index (χ0) is 44.0. The first-order chi connectivity index (χ1) is 27.8. The number of nitrogens with one attached hydrogen (secondary N) is 7. The van der Waals surface area contributed by atoms with E-state index in [-0.39, 0.29) is 43.9 Å². The van der Waals surface area contributed by atoms with Gasteiger partial charge in [0.15, 0.2) is 0 Å². The lowest BCUT2D eigenvalue weighted by Gasteiger charge is -2.31. The predicted octanol–water partition coefficient (Wildman–Crippen LogP) is -0.791. The lowest BCUT2D eigenvalue weighted by atomic mass is 9.97. The van der Waals surface area contributed by atoms with Crippen molar-refractivity contribution in [2.45, 2.75) is 123 Å². The smallest absolute Gasteiger partial charge is 0.303 e. The highest BCUT2D eigenvalue weighted by Crippen LogP contribution is 2.21. The Morgan fingerprint density at radius 1 is 0.729 bits per heavy atom. The van der Waals surface area contributed by atoms with Gasteiger partial charge in [-0.15, -0.1) is 0 Å². The number of carbonyl (C=O) groups excluding carboxylic acids is 8. The van der Waals surface area contributed by atoms with Crippen LogP contribution in [0.25, 0.3) is 0 Å². The average Bonchev–Trinajstić information content (AvgIpc) is 3.68. The molecule has 19 nitrogen and oxygen atoms in total. The molecule has 9 N–H and O–H groups in total. The molecule has 0 aromatic heterocycles. The van der Waals surface area contributed by atoms with E-state index in [0.717, 1.165) is 0 Å². The number of phenolic OH excluding ortho intramolecular Hbond substituents is 1. The molecule has 2 fully saturated rings. The number of carboxylic acids is 1. The number of aliphatic carboxylic acids is 1. The summed E-state index contributed by atoms with van der Waals surface area (Å²) in [4.78, 5) is 122. The zero-order valence-electron chi connectivity index (χ0n) is 34.6. The van der Waals surface area contributed by atoms with Gasteiger partial charge in [0.05, 0.1) is 13.1 Å². The third-order valence-corrected chi connectivity index (χ3v) is 10.4. The number of hydrogen-bond donors (Lipinski definition) is 9. The first-order valence-corrected chi connectivity index (χ1v) is 20.2. The highest BCUT2D eigenvalue weighted by Gasteiger charge is 2.40. The Labute approximate surface area is 343 Å². The van der Waals surface area contributed by atoms with Gasteiger partial charge in [-0.05, 0) is 61.1 Å². The number of nitrogens with zero attached hydrogens (tertiary/aromatic N) is 1. The molecular formula is C40H60N8O11. The summed E-state index contributed by atoms with van der Waals surface area (Å²) in [7, 11) is 0. The fourth-order valence-corrected chi connectivity index (χ4v) is 6.87. The van der Waals surface area contributed by atoms with E-state index in [9.17, 15) is 53.4 Å². The second-order valence-corrected chi connectivity index (χ2v) is 16.0. The average molecular weight is 829 g/mol. The summed E-state index contributed by atoms with van der Waals surface area (Å²) in [5.74, 6) is -8.20. The van der Waals surface area contributed by atoms with E-state index in [1.54, 1.807) is 39.8 Å². The van der Waals surface area contributed by atoms with Crippen molar-refractivity contribution in [1.82, 2.24) is 42.1 Å². The molecule has 19 heteroatoms. The van der Waals surface area contributed by atoms with Crippen LogP contribution in [-0.4, -0.2) is 124 Å². The lowest BCUT2D eigenvalue weighted by molar-refractivity contribution is -0.143. The molecule has 0 radical (unpaired) electrons. The summed E-state index contributed by atoms with van der Waals surface area (Å²) in [5, 5.41) is 37.3. The van der Waals surface area contributed by atoms with Gasteiger partial charge >= 0.3 is 5.97 Å². The number of carboxylic acid groups (broad SMARTS) is 1. The molecule has 0 bridgehead atoms. The summed E-state index contributed by atoms with van der Waals surface area (Å²) >= 11 is 0. The SMILES string of the molecule is CCC(C)C1NC(=O)C(CCC(=O)O)NC(=O)C2CCCN2C(=O)C(CC(C)C)NC(=O)CNC(=O)C(Cc2ccc(O)cc2)NC(=O)C(C(C)C)NC(=O)CNC1=O. The molecule has 8 amide bonds. The van der Waals surface area contributed by atoms with Gasteiger partial charge < -0.3 is 52.3 Å². The van der Waals surface area contributed by atoms with Crippen LogP contribution < -0.4 is 37.2 Å². The van der Waals surface area contributed by atoms with Crippen molar-refractivity contribution >= 4 is 53.2 Å². The van der Waals surface area contributed by atoms with Gasteiger partial charge in [0.25, 0.3) is 0 Å². The van der Waals surface area contributed by atoms with Crippen LogP contribution >= 0.6 is 0 Å². The molecule has 2 heterocycles. The molecule has 0 saturated carbocycles. The quantitative estimate of drug-likeness (QED) is 0.141. The third-order valence-electron chi connectivity index (χ3n) is 10.4. The lowest BCUT2D eigenvalue weighted by Crippen LogP contribution is -2.60. The van der Waals surface area contributed by atoms with E-state index in [2.05, 4.69) is 37.2 Å². The minimum atomic E-state index is -1.41. The van der Waals surface area contributed by atoms with Gasteiger partial charge in [-0.1, -0.05) is 60.1 Å². The molecule has 1 aromatic rings. The van der Waals surface area contributed by atoms with Gasteiger partial charge in [0.1, 0.15) is 42.0 Å². The number of amides is 8. The Kier molecular flexibility index (Phi) is 18.1. The summed E-state index contributed by atoms with van der Waals surface area (Å²) in [6.45, 7) is 9.41. The van der Waals surface area contributed by atoms with Gasteiger partial charge in [0.2, 0.25) is 47.3 Å². The van der Waals surface area contributed by atoms with Crippen molar-refractivity contribution < 1.29 is 53.4 Å². The number of carbonyl (C=O) groups is 9. The fraction of sp³-hybridized carbons (Fsp3) is 0.625. The van der Waals surface area contributed by atoms with Crippen LogP contribution in [0.15, 0.2) is 24.3 Å². The maximum atomic E-state index is 14.0. The molecule has 0 spiro atoms. The van der Waals surface area contributed by atoms with E-state index >= 15 is 0 Å². The Morgan fingerprint density at radius 2 is 1.34 bits per heavy atom. The fourth-order valence-electron chi connectivity index (χ4n) is 6.87. The Hall–Kier alpha value is -5.75. The van der Waals surface area contributed by atoms with Crippen LogP contribution in [0, 0.1) is 17.8 Å². The largest absolute Gasteiger partial charge is 0.508 e. The van der Waals surface area contributed by atoms with Crippen LogP contribution in [-0.2, 0) is 49.6 Å². The molecule has 1 aromatic carbocycles. The zero-order valence-corrected chi connectivity index (χ0v) is 34.6. The number of fused-ring (bicyclic) bond motifs is 1. The summed E-state index contributed by atoms with van der Waals surface area (Å²) in [5.41, 5.74) is 0.552. The maximum absolute atomic E-state index is 14.0. The van der Waals surface area contributed by atoms with Gasteiger partial charge in [-0.25, -0.2) is 0 Å². The summed E-state index contributed by atoms with van der Waals surface area (Å²) in [6.07, 6.45) is 0.302. The summed E-state index contributed by atoms with van der Waals surface area (Å²) in [6, 6.07) is -1.34. The Morgan fingerprint density at radius 3 is 1.93 bits per heavy atom. The number of rotatable bonds is 10. The normalized spacial score (nSPS) is 25.4. The first kappa shape index (κ1) is 47.6. The molecule has 59 heavy (non-hydrogen) atoms. The number of phenols is 1. The predicted molar refractivity (Wildman–Crippen MR) is 213 cm³/mol. The van der Waals surface area contributed by atoms with Crippen LogP contribution in [0.4, 0.5) is 0 Å². The summed E-state index contributed by atoms with van der Waals surface area (Å²) < 4.78 is 0. The van der Waals surface area contributed by atoms with Crippen molar-refractivity contribution in [3.63, 3.8) is 0 Å². The minimum absolute atomic E-state index is 0.0218. The van der Waals surface area contributed by atoms with E-state index < -0.39 is 121 Å². The topological polar surface area (TPSA) is 282 Å². The van der Waals surface area contributed by atoms with Crippen LogP contribution in [0.1, 0.15) is 85.6 Å². The molecule has 0 aliphatic carbocycles. The van der Waals surface area contributed by atoms with Crippen molar-refractivity contribution in [2.75, 3.05) is 19.6 Å². The third kappa shape index (κ3) is 14.5. The molecule has 2 aliphatic rings. The van der Waals surface area contributed by atoms with Crippen LogP contribution in [0.5, 0.6) is 5.75 Å². The molecule has 2 saturated heterocycles. The van der Waals surface area contributed by atoms with Crippen LogP contribution in [0.2, 0.25) is 0 Å². The highest BCUT2D eigenvalue weighted by atomic mass is 16.4. The molecule has 326 valence electrons. The molecule has 7 atom stereocenters. The monoisotopic (exact) mass is 828 g/mol. The molecular weight excluding hydrogens is 768 g/mol. The van der Waals surface area contributed by atoms with Crippen molar-refractivity contribution in [2.24, 2.45) is 17.8 Å². The molecule has 2 aliphatic heterocycles. The number of hydrogen-bond acceptors (Lipinski definition) is 10.